The standard InChI is InChI=1S/C24H37N5O3.HI/c1-3-25-23(27-21-11-15-29(16-12-21)24(31)32-2)26-18-22(30)28-13-9-20(10-14-28)17-19-7-5-4-6-8-19;/h4-8,20-21H,3,9-18H2,1-2H3,(H2,25,26,27);1H. The van der Waals surface area contributed by atoms with Crippen LogP contribution in [-0.4, -0.2) is 80.2 Å². The van der Waals surface area contributed by atoms with Gasteiger partial charge in [-0.1, -0.05) is 30.3 Å². The van der Waals surface area contributed by atoms with E-state index in [0.29, 0.717) is 25.0 Å². The summed E-state index contributed by atoms with van der Waals surface area (Å²) in [6.45, 7) is 5.81. The van der Waals surface area contributed by atoms with Gasteiger partial charge in [0.15, 0.2) is 5.96 Å². The zero-order chi connectivity index (χ0) is 22.8. The normalized spacial score (nSPS) is 17.8. The van der Waals surface area contributed by atoms with Gasteiger partial charge in [0.1, 0.15) is 6.54 Å². The van der Waals surface area contributed by atoms with Crippen molar-refractivity contribution < 1.29 is 14.3 Å². The molecular weight excluding hydrogens is 533 g/mol. The lowest BCUT2D eigenvalue weighted by Gasteiger charge is -2.32. The van der Waals surface area contributed by atoms with E-state index in [1.54, 1.807) is 4.90 Å². The van der Waals surface area contributed by atoms with Gasteiger partial charge in [0.25, 0.3) is 0 Å². The summed E-state index contributed by atoms with van der Waals surface area (Å²) in [5, 5.41) is 6.65. The van der Waals surface area contributed by atoms with E-state index >= 15 is 0 Å². The highest BCUT2D eigenvalue weighted by atomic mass is 127. The van der Waals surface area contributed by atoms with Crippen molar-refractivity contribution in [2.75, 3.05) is 46.4 Å². The van der Waals surface area contributed by atoms with Crippen LogP contribution in [0.3, 0.4) is 0 Å². The molecule has 2 aliphatic rings. The Morgan fingerprint density at radius 1 is 1.03 bits per heavy atom. The molecule has 0 saturated carbocycles. The predicted octanol–water partition coefficient (Wildman–Crippen LogP) is 2.87. The fourth-order valence-electron chi connectivity index (χ4n) is 4.43. The van der Waals surface area contributed by atoms with Gasteiger partial charge in [-0.2, -0.15) is 0 Å². The summed E-state index contributed by atoms with van der Waals surface area (Å²) in [7, 11) is 1.41. The van der Waals surface area contributed by atoms with Gasteiger partial charge in [-0.3, -0.25) is 4.79 Å². The van der Waals surface area contributed by atoms with Gasteiger partial charge in [0, 0.05) is 38.8 Å². The van der Waals surface area contributed by atoms with E-state index in [9.17, 15) is 9.59 Å². The molecule has 2 N–H and O–H groups in total. The number of hydrogen-bond donors (Lipinski definition) is 2. The Morgan fingerprint density at radius 2 is 1.67 bits per heavy atom. The molecule has 3 rings (SSSR count). The maximum Gasteiger partial charge on any atom is 0.409 e. The van der Waals surface area contributed by atoms with E-state index < -0.39 is 0 Å². The number of carbonyl (C=O) groups is 2. The highest BCUT2D eigenvalue weighted by Crippen LogP contribution is 2.21. The average Bonchev–Trinajstić information content (AvgIpc) is 2.83. The van der Waals surface area contributed by atoms with E-state index in [4.69, 9.17) is 4.74 Å². The van der Waals surface area contributed by atoms with Crippen molar-refractivity contribution in [3.05, 3.63) is 35.9 Å². The molecule has 2 aliphatic heterocycles. The molecule has 2 heterocycles. The highest BCUT2D eigenvalue weighted by Gasteiger charge is 2.25. The molecule has 0 atom stereocenters. The number of methoxy groups -OCH3 is 1. The maximum atomic E-state index is 12.7. The van der Waals surface area contributed by atoms with Crippen molar-refractivity contribution in [3.63, 3.8) is 0 Å². The van der Waals surface area contributed by atoms with E-state index in [1.165, 1.54) is 12.7 Å². The first-order valence-electron chi connectivity index (χ1n) is 11.8. The minimum atomic E-state index is -0.276. The number of nitrogens with zero attached hydrogens (tertiary/aromatic N) is 3. The third-order valence-corrected chi connectivity index (χ3v) is 6.32. The minimum Gasteiger partial charge on any atom is -0.453 e. The van der Waals surface area contributed by atoms with E-state index in [2.05, 4.69) is 39.9 Å². The third kappa shape index (κ3) is 8.68. The number of nitrogens with one attached hydrogen (secondary N) is 2. The molecular formula is C24H38IN5O3. The van der Waals surface area contributed by atoms with Crippen LogP contribution >= 0.6 is 24.0 Å². The number of amides is 2. The van der Waals surface area contributed by atoms with Gasteiger partial charge in [0.05, 0.1) is 7.11 Å². The number of halogens is 1. The fraction of sp³-hybridized carbons (Fsp3) is 0.625. The molecule has 184 valence electrons. The molecule has 1 aromatic carbocycles. The average molecular weight is 572 g/mol. The van der Waals surface area contributed by atoms with Crippen molar-refractivity contribution in [1.29, 1.82) is 0 Å². The summed E-state index contributed by atoms with van der Waals surface area (Å²) >= 11 is 0. The zero-order valence-corrected chi connectivity index (χ0v) is 22.1. The SMILES string of the molecule is CCNC(=NCC(=O)N1CCC(Cc2ccccc2)CC1)NC1CCN(C(=O)OC)CC1.I. The van der Waals surface area contributed by atoms with Crippen molar-refractivity contribution >= 4 is 41.9 Å². The Morgan fingerprint density at radius 3 is 2.27 bits per heavy atom. The van der Waals surface area contributed by atoms with Crippen molar-refractivity contribution in [2.45, 2.75) is 45.1 Å². The van der Waals surface area contributed by atoms with Crippen molar-refractivity contribution in [3.8, 4) is 0 Å². The molecule has 0 unspecified atom stereocenters. The number of piperidine rings is 2. The second kappa shape index (κ2) is 14.3. The van der Waals surface area contributed by atoms with Crippen LogP contribution in [0.25, 0.3) is 0 Å². The van der Waals surface area contributed by atoms with E-state index in [0.717, 1.165) is 51.7 Å². The second-order valence-corrected chi connectivity index (χ2v) is 8.58. The van der Waals surface area contributed by atoms with Gasteiger partial charge in [0.2, 0.25) is 5.91 Å². The first kappa shape index (κ1) is 27.2. The number of likely N-dealkylation sites (tertiary alicyclic amines) is 2. The topological polar surface area (TPSA) is 86.3 Å². The van der Waals surface area contributed by atoms with Gasteiger partial charge in [-0.25, -0.2) is 9.79 Å². The van der Waals surface area contributed by atoms with Crippen molar-refractivity contribution in [1.82, 2.24) is 20.4 Å². The number of aliphatic imine (C=N–C) groups is 1. The Balaban J connectivity index is 0.00000385. The molecule has 33 heavy (non-hydrogen) atoms. The van der Waals surface area contributed by atoms with Crippen LogP contribution < -0.4 is 10.6 Å². The van der Waals surface area contributed by atoms with Gasteiger partial charge < -0.3 is 25.2 Å². The van der Waals surface area contributed by atoms with Crippen LogP contribution in [0.5, 0.6) is 0 Å². The smallest absolute Gasteiger partial charge is 0.409 e. The molecule has 9 heteroatoms. The summed E-state index contributed by atoms with van der Waals surface area (Å²) in [4.78, 5) is 32.6. The first-order valence-corrected chi connectivity index (χ1v) is 11.8. The van der Waals surface area contributed by atoms with Gasteiger partial charge in [-0.05, 0) is 50.5 Å². The van der Waals surface area contributed by atoms with Crippen LogP contribution in [-0.2, 0) is 16.0 Å². The number of hydrogen-bond acceptors (Lipinski definition) is 4. The lowest BCUT2D eigenvalue weighted by molar-refractivity contribution is -0.130. The number of rotatable bonds is 6. The quantitative estimate of drug-likeness (QED) is 0.312. The maximum absolute atomic E-state index is 12.7. The number of carbonyl (C=O) groups excluding carboxylic acids is 2. The molecule has 2 amide bonds. The third-order valence-electron chi connectivity index (χ3n) is 6.32. The Labute approximate surface area is 214 Å². The second-order valence-electron chi connectivity index (χ2n) is 8.58. The lowest BCUT2D eigenvalue weighted by Crippen LogP contribution is -2.50. The van der Waals surface area contributed by atoms with E-state index in [1.807, 2.05) is 17.9 Å². The zero-order valence-electron chi connectivity index (χ0n) is 19.8. The Bertz CT molecular complexity index is 761. The van der Waals surface area contributed by atoms with Gasteiger partial charge in [-0.15, -0.1) is 24.0 Å². The largest absolute Gasteiger partial charge is 0.453 e. The van der Waals surface area contributed by atoms with Crippen molar-refractivity contribution in [2.24, 2.45) is 10.9 Å². The van der Waals surface area contributed by atoms with E-state index in [-0.39, 0.29) is 48.6 Å². The summed E-state index contributed by atoms with van der Waals surface area (Å²) < 4.78 is 4.79. The molecule has 8 nitrogen and oxygen atoms in total. The first-order chi connectivity index (χ1) is 15.6. The molecule has 2 saturated heterocycles. The summed E-state index contributed by atoms with van der Waals surface area (Å²) in [5.41, 5.74) is 1.38. The number of ether oxygens (including phenoxy) is 1. The summed E-state index contributed by atoms with van der Waals surface area (Å²) in [6, 6.07) is 10.8. The molecule has 0 radical (unpaired) electrons. The fourth-order valence-corrected chi connectivity index (χ4v) is 4.43. The molecule has 1 aromatic rings. The van der Waals surface area contributed by atoms with Crippen LogP contribution in [0.2, 0.25) is 0 Å². The molecule has 0 spiro atoms. The highest BCUT2D eigenvalue weighted by molar-refractivity contribution is 14.0. The molecule has 0 aromatic heterocycles. The summed E-state index contributed by atoms with van der Waals surface area (Å²) in [6.07, 6.45) is 4.54. The Hall–Kier alpha value is -2.04. The van der Waals surface area contributed by atoms with Crippen LogP contribution in [0.1, 0.15) is 38.2 Å². The minimum absolute atomic E-state index is 0. The molecule has 2 fully saturated rings. The Kier molecular flexibility index (Phi) is 11.8. The molecule has 0 bridgehead atoms. The predicted molar refractivity (Wildman–Crippen MR) is 141 cm³/mol. The number of benzene rings is 1. The number of guanidine groups is 1. The van der Waals surface area contributed by atoms with Gasteiger partial charge >= 0.3 is 6.09 Å². The molecule has 0 aliphatic carbocycles. The van der Waals surface area contributed by atoms with Crippen LogP contribution in [0, 0.1) is 5.92 Å². The monoisotopic (exact) mass is 571 g/mol. The lowest BCUT2D eigenvalue weighted by atomic mass is 9.90. The summed E-state index contributed by atoms with van der Waals surface area (Å²) in [5.74, 6) is 1.39. The van der Waals surface area contributed by atoms with Crippen LogP contribution in [0.15, 0.2) is 35.3 Å². The van der Waals surface area contributed by atoms with Crippen LogP contribution in [0.4, 0.5) is 4.79 Å².